The number of nitrogens with one attached hydrogen (secondary N) is 1. The number of ether oxygens (including phenoxy) is 1. The summed E-state index contributed by atoms with van der Waals surface area (Å²) >= 11 is 0. The van der Waals surface area contributed by atoms with E-state index in [-0.39, 0.29) is 6.61 Å². The molecule has 98 valence electrons. The minimum Gasteiger partial charge on any atom is -0.481 e. The molecule has 1 amide bonds. The number of carboxylic acid groups (broad SMARTS) is 1. The van der Waals surface area contributed by atoms with Crippen molar-refractivity contribution in [3.05, 3.63) is 0 Å². The first-order chi connectivity index (χ1) is 7.88. The quantitative estimate of drug-likeness (QED) is 0.508. The van der Waals surface area contributed by atoms with Crippen molar-refractivity contribution in [2.75, 3.05) is 6.61 Å². The second-order valence-electron chi connectivity index (χ2n) is 3.60. The Balaban J connectivity index is 4.10. The molecule has 0 unspecified atom stereocenters. The number of carbonyl (C=O) groups is 3. The third-order valence-electron chi connectivity index (χ3n) is 1.89. The second kappa shape index (κ2) is 7.61. The molecular formula is C10H18N2O5. The summed E-state index contributed by atoms with van der Waals surface area (Å²) in [6, 6.07) is -2.01. The standard InChI is InChI=1S/C10H18N2O5/c1-3-4-17-10(16)6(2)12-9(15)7(11)5-8(13)14/h6-7H,3-5,11H2,1-2H3,(H,12,15)(H,13,14)/t6-,7+/m0/s1. The van der Waals surface area contributed by atoms with Gasteiger partial charge in [-0.15, -0.1) is 0 Å². The van der Waals surface area contributed by atoms with Gasteiger partial charge >= 0.3 is 11.9 Å². The molecule has 0 radical (unpaired) electrons. The molecule has 4 N–H and O–H groups in total. The Labute approximate surface area is 99.3 Å². The SMILES string of the molecule is CCCOC(=O)[C@H](C)NC(=O)[C@H](N)CC(=O)O. The lowest BCUT2D eigenvalue weighted by Crippen LogP contribution is -2.48. The van der Waals surface area contributed by atoms with Crippen LogP contribution in [0.5, 0.6) is 0 Å². The van der Waals surface area contributed by atoms with Gasteiger partial charge in [0.25, 0.3) is 0 Å². The number of nitrogens with two attached hydrogens (primary N) is 1. The first-order valence-corrected chi connectivity index (χ1v) is 5.32. The molecule has 17 heavy (non-hydrogen) atoms. The predicted octanol–water partition coefficient (Wildman–Crippen LogP) is -0.754. The zero-order chi connectivity index (χ0) is 13.4. The normalized spacial score (nSPS) is 13.6. The van der Waals surface area contributed by atoms with Crippen LogP contribution in [-0.2, 0) is 19.1 Å². The summed E-state index contributed by atoms with van der Waals surface area (Å²) in [5, 5.41) is 10.7. The van der Waals surface area contributed by atoms with Crippen molar-refractivity contribution in [1.29, 1.82) is 0 Å². The van der Waals surface area contributed by atoms with Gasteiger partial charge in [0.15, 0.2) is 0 Å². The van der Waals surface area contributed by atoms with Crippen LogP contribution in [0.3, 0.4) is 0 Å². The number of amides is 1. The van der Waals surface area contributed by atoms with E-state index >= 15 is 0 Å². The first-order valence-electron chi connectivity index (χ1n) is 5.32. The van der Waals surface area contributed by atoms with Crippen molar-refractivity contribution < 1.29 is 24.2 Å². The molecule has 0 aromatic rings. The third kappa shape index (κ3) is 6.52. The molecule has 7 heteroatoms. The van der Waals surface area contributed by atoms with Crippen molar-refractivity contribution in [2.24, 2.45) is 5.73 Å². The van der Waals surface area contributed by atoms with Crippen molar-refractivity contribution in [2.45, 2.75) is 38.8 Å². The highest BCUT2D eigenvalue weighted by Gasteiger charge is 2.22. The van der Waals surface area contributed by atoms with Crippen molar-refractivity contribution >= 4 is 17.8 Å². The van der Waals surface area contributed by atoms with Gasteiger partial charge in [0, 0.05) is 0 Å². The van der Waals surface area contributed by atoms with E-state index in [0.29, 0.717) is 6.42 Å². The molecule has 0 fully saturated rings. The minimum atomic E-state index is -1.17. The number of esters is 1. The van der Waals surface area contributed by atoms with Gasteiger partial charge in [-0.1, -0.05) is 6.92 Å². The monoisotopic (exact) mass is 246 g/mol. The van der Waals surface area contributed by atoms with Crippen LogP contribution in [0.1, 0.15) is 26.7 Å². The predicted molar refractivity (Wildman–Crippen MR) is 59.1 cm³/mol. The summed E-state index contributed by atoms with van der Waals surface area (Å²) < 4.78 is 4.80. The van der Waals surface area contributed by atoms with Gasteiger partial charge in [0.1, 0.15) is 6.04 Å². The molecule has 0 heterocycles. The molecule has 7 nitrogen and oxygen atoms in total. The van der Waals surface area contributed by atoms with Gasteiger partial charge in [-0.2, -0.15) is 0 Å². The smallest absolute Gasteiger partial charge is 0.328 e. The summed E-state index contributed by atoms with van der Waals surface area (Å²) in [5.74, 6) is -2.43. The molecule has 0 rings (SSSR count). The second-order valence-corrected chi connectivity index (χ2v) is 3.60. The van der Waals surface area contributed by atoms with Crippen LogP contribution in [0.25, 0.3) is 0 Å². The van der Waals surface area contributed by atoms with Crippen molar-refractivity contribution in [3.63, 3.8) is 0 Å². The summed E-state index contributed by atoms with van der Waals surface area (Å²) in [6.45, 7) is 3.57. The maximum atomic E-state index is 11.4. The van der Waals surface area contributed by atoms with E-state index < -0.39 is 36.4 Å². The molecule has 0 saturated heterocycles. The number of aliphatic carboxylic acids is 1. The van der Waals surface area contributed by atoms with E-state index in [1.54, 1.807) is 0 Å². The van der Waals surface area contributed by atoms with Crippen LogP contribution in [-0.4, -0.2) is 41.6 Å². The van der Waals surface area contributed by atoms with Gasteiger partial charge in [0.05, 0.1) is 19.1 Å². The van der Waals surface area contributed by atoms with Crippen molar-refractivity contribution in [1.82, 2.24) is 5.32 Å². The van der Waals surface area contributed by atoms with E-state index in [4.69, 9.17) is 15.6 Å². The highest BCUT2D eigenvalue weighted by Crippen LogP contribution is 1.93. The van der Waals surface area contributed by atoms with E-state index in [0.717, 1.165) is 0 Å². The van der Waals surface area contributed by atoms with Gasteiger partial charge < -0.3 is 20.9 Å². The topological polar surface area (TPSA) is 119 Å². The molecule has 0 aliphatic carbocycles. The van der Waals surface area contributed by atoms with Gasteiger partial charge in [-0.05, 0) is 13.3 Å². The fourth-order valence-electron chi connectivity index (χ4n) is 0.988. The number of rotatable bonds is 7. The molecular weight excluding hydrogens is 228 g/mol. The Kier molecular flexibility index (Phi) is 6.88. The van der Waals surface area contributed by atoms with Gasteiger partial charge in [-0.3, -0.25) is 9.59 Å². The minimum absolute atomic E-state index is 0.278. The Morgan fingerprint density at radius 2 is 2.00 bits per heavy atom. The summed E-state index contributed by atoms with van der Waals surface area (Å²) in [4.78, 5) is 33.0. The number of carboxylic acids is 1. The van der Waals surface area contributed by atoms with Crippen LogP contribution in [0.2, 0.25) is 0 Å². The number of hydrogen-bond donors (Lipinski definition) is 3. The maximum Gasteiger partial charge on any atom is 0.328 e. The molecule has 0 spiro atoms. The number of carbonyl (C=O) groups excluding carboxylic acids is 2. The number of hydrogen-bond acceptors (Lipinski definition) is 5. The molecule has 0 bridgehead atoms. The van der Waals surface area contributed by atoms with Crippen LogP contribution < -0.4 is 11.1 Å². The average molecular weight is 246 g/mol. The molecule has 0 aromatic carbocycles. The Bertz CT molecular complexity index is 292. The molecule has 0 saturated carbocycles. The fourth-order valence-corrected chi connectivity index (χ4v) is 0.988. The Morgan fingerprint density at radius 3 is 2.47 bits per heavy atom. The van der Waals surface area contributed by atoms with Gasteiger partial charge in [0.2, 0.25) is 5.91 Å². The lowest BCUT2D eigenvalue weighted by atomic mass is 10.2. The third-order valence-corrected chi connectivity index (χ3v) is 1.89. The highest BCUT2D eigenvalue weighted by atomic mass is 16.5. The van der Waals surface area contributed by atoms with E-state index in [2.05, 4.69) is 5.32 Å². The summed E-state index contributed by atoms with van der Waals surface area (Å²) in [6.07, 6.45) is 0.202. The van der Waals surface area contributed by atoms with Gasteiger partial charge in [-0.25, -0.2) is 4.79 Å². The Morgan fingerprint density at radius 1 is 1.41 bits per heavy atom. The molecule has 0 aliphatic rings. The average Bonchev–Trinajstić information content (AvgIpc) is 2.24. The zero-order valence-electron chi connectivity index (χ0n) is 9.93. The maximum absolute atomic E-state index is 11.4. The van der Waals surface area contributed by atoms with E-state index in [9.17, 15) is 14.4 Å². The van der Waals surface area contributed by atoms with Crippen LogP contribution in [0.15, 0.2) is 0 Å². The fraction of sp³-hybridized carbons (Fsp3) is 0.700. The van der Waals surface area contributed by atoms with Crippen LogP contribution in [0, 0.1) is 0 Å². The lowest BCUT2D eigenvalue weighted by Gasteiger charge is -2.15. The van der Waals surface area contributed by atoms with Crippen molar-refractivity contribution in [3.8, 4) is 0 Å². The van der Waals surface area contributed by atoms with Crippen LogP contribution in [0.4, 0.5) is 0 Å². The summed E-state index contributed by atoms with van der Waals surface area (Å²) in [5.41, 5.74) is 5.32. The zero-order valence-corrected chi connectivity index (χ0v) is 9.93. The lowest BCUT2D eigenvalue weighted by molar-refractivity contribution is -0.147. The Hall–Kier alpha value is -1.63. The highest BCUT2D eigenvalue weighted by molar-refractivity contribution is 5.89. The van der Waals surface area contributed by atoms with E-state index in [1.165, 1.54) is 6.92 Å². The molecule has 0 aliphatic heterocycles. The van der Waals surface area contributed by atoms with E-state index in [1.807, 2.05) is 6.92 Å². The largest absolute Gasteiger partial charge is 0.481 e. The van der Waals surface area contributed by atoms with Crippen LogP contribution >= 0.6 is 0 Å². The molecule has 2 atom stereocenters. The summed E-state index contributed by atoms with van der Waals surface area (Å²) in [7, 11) is 0. The first kappa shape index (κ1) is 15.4. The molecule has 0 aromatic heterocycles.